The summed E-state index contributed by atoms with van der Waals surface area (Å²) < 4.78 is 5.80. The first-order valence-corrected chi connectivity index (χ1v) is 8.36. The molecule has 0 aromatic heterocycles. The van der Waals surface area contributed by atoms with Gasteiger partial charge in [0.05, 0.1) is 20.9 Å². The van der Waals surface area contributed by atoms with Crippen LogP contribution in [0.3, 0.4) is 0 Å². The standard InChI is InChI=1S/C21H19OP.ClH/c23-17-22-16-21(18-10-4-1-5-11-18,19-12-6-2-7-13-19)20-14-8-3-9-15-20;/h1-15,17,23H,16H2;1H. The lowest BCUT2D eigenvalue weighted by Gasteiger charge is -2.35. The molecular formula is C21H20ClOP. The predicted molar refractivity (Wildman–Crippen MR) is 101 cm³/mol. The molecule has 1 atom stereocenters. The summed E-state index contributed by atoms with van der Waals surface area (Å²) in [5.74, 6) is 1.68. The number of rotatable bonds is 6. The van der Waals surface area contributed by atoms with Gasteiger partial charge in [0, 0.05) is 0 Å². The van der Waals surface area contributed by atoms with Crippen LogP contribution in [0.1, 0.15) is 16.7 Å². The van der Waals surface area contributed by atoms with E-state index in [1.165, 1.54) is 16.7 Å². The average Bonchev–Trinajstić information content (AvgIpc) is 2.65. The minimum atomic E-state index is -0.336. The maximum Gasteiger partial charge on any atom is 0.207 e. The Kier molecular flexibility index (Phi) is 6.75. The Hall–Kier alpha value is -1.92. The number of halogens is 1. The third-order valence-corrected chi connectivity index (χ3v) is 4.39. The van der Waals surface area contributed by atoms with Crippen LogP contribution < -0.4 is 12.4 Å². The highest BCUT2D eigenvalue weighted by molar-refractivity contribution is 7.17. The molecule has 24 heavy (non-hydrogen) atoms. The van der Waals surface area contributed by atoms with Crippen molar-refractivity contribution in [1.82, 2.24) is 0 Å². The van der Waals surface area contributed by atoms with Crippen LogP contribution in [-0.2, 0) is 10.2 Å². The van der Waals surface area contributed by atoms with Gasteiger partial charge < -0.3 is 17.1 Å². The van der Waals surface area contributed by atoms with Gasteiger partial charge in [-0.05, 0) is 16.7 Å². The third-order valence-electron chi connectivity index (χ3n) is 4.20. The second kappa shape index (κ2) is 8.80. The van der Waals surface area contributed by atoms with Gasteiger partial charge in [-0.3, -0.25) is 0 Å². The van der Waals surface area contributed by atoms with Gasteiger partial charge in [0.15, 0.2) is 0 Å². The van der Waals surface area contributed by atoms with E-state index in [2.05, 4.69) is 81.7 Å². The molecule has 0 radical (unpaired) electrons. The molecule has 3 aromatic rings. The zero-order valence-electron chi connectivity index (χ0n) is 13.3. The van der Waals surface area contributed by atoms with E-state index in [4.69, 9.17) is 4.74 Å². The summed E-state index contributed by atoms with van der Waals surface area (Å²) in [5, 5.41) is 0. The van der Waals surface area contributed by atoms with E-state index in [0.717, 1.165) is 0 Å². The summed E-state index contributed by atoms with van der Waals surface area (Å²) in [6.45, 7) is 0.550. The highest BCUT2D eigenvalue weighted by Gasteiger charge is 2.36. The van der Waals surface area contributed by atoms with Crippen LogP contribution in [0.5, 0.6) is 0 Å². The Morgan fingerprint density at radius 3 is 1.29 bits per heavy atom. The molecule has 0 amide bonds. The molecule has 3 rings (SSSR count). The van der Waals surface area contributed by atoms with Crippen LogP contribution in [-0.4, -0.2) is 12.6 Å². The first-order chi connectivity index (χ1) is 11.4. The largest absolute Gasteiger partial charge is 1.00 e. The Morgan fingerprint density at radius 2 is 1.00 bits per heavy atom. The van der Waals surface area contributed by atoms with Gasteiger partial charge in [-0.2, -0.15) is 0 Å². The van der Waals surface area contributed by atoms with Crippen LogP contribution >= 0.6 is 8.86 Å². The Labute approximate surface area is 151 Å². The van der Waals surface area contributed by atoms with Crippen molar-refractivity contribution in [3.05, 3.63) is 108 Å². The van der Waals surface area contributed by atoms with Crippen molar-refractivity contribution in [2.24, 2.45) is 0 Å². The Balaban J connectivity index is 0.00000208. The lowest BCUT2D eigenvalue weighted by atomic mass is 9.70. The molecule has 0 fully saturated rings. The third kappa shape index (κ3) is 3.60. The average molecular weight is 355 g/mol. The van der Waals surface area contributed by atoms with Crippen molar-refractivity contribution in [1.29, 1.82) is 0 Å². The predicted octanol–water partition coefficient (Wildman–Crippen LogP) is 1.68. The van der Waals surface area contributed by atoms with Gasteiger partial charge in [0.2, 0.25) is 5.98 Å². The van der Waals surface area contributed by atoms with Crippen LogP contribution in [0.25, 0.3) is 0 Å². The fourth-order valence-electron chi connectivity index (χ4n) is 3.09. The quantitative estimate of drug-likeness (QED) is 0.483. The highest BCUT2D eigenvalue weighted by Crippen LogP contribution is 2.39. The van der Waals surface area contributed by atoms with E-state index in [0.29, 0.717) is 6.61 Å². The van der Waals surface area contributed by atoms with Crippen molar-refractivity contribution in [3.63, 3.8) is 0 Å². The normalized spacial score (nSPS) is 10.7. The molecule has 0 aliphatic heterocycles. The summed E-state index contributed by atoms with van der Waals surface area (Å²) >= 11 is 0. The first-order valence-electron chi connectivity index (χ1n) is 7.69. The van der Waals surface area contributed by atoms with E-state index >= 15 is 0 Å². The first kappa shape index (κ1) is 18.4. The highest BCUT2D eigenvalue weighted by atomic mass is 35.5. The van der Waals surface area contributed by atoms with Crippen LogP contribution in [0.15, 0.2) is 91.0 Å². The van der Waals surface area contributed by atoms with E-state index in [1.807, 2.05) is 18.2 Å². The molecule has 0 aliphatic carbocycles. The Bertz CT molecular complexity index is 648. The van der Waals surface area contributed by atoms with Crippen LogP contribution in [0.2, 0.25) is 0 Å². The van der Waals surface area contributed by atoms with Crippen molar-refractivity contribution in [3.8, 4) is 0 Å². The molecule has 1 nitrogen and oxygen atoms in total. The molecule has 0 saturated heterocycles. The molecule has 0 spiro atoms. The fourth-order valence-corrected chi connectivity index (χ4v) is 3.19. The lowest BCUT2D eigenvalue weighted by molar-refractivity contribution is -0.00000479. The van der Waals surface area contributed by atoms with Gasteiger partial charge in [0.1, 0.15) is 0 Å². The summed E-state index contributed by atoms with van der Waals surface area (Å²) in [6, 6.07) is 31.7. The van der Waals surface area contributed by atoms with Gasteiger partial charge in [-0.25, -0.2) is 0 Å². The van der Waals surface area contributed by atoms with E-state index in [-0.39, 0.29) is 17.8 Å². The summed E-state index contributed by atoms with van der Waals surface area (Å²) in [7, 11) is 2.52. The number of hydrogen-bond acceptors (Lipinski definition) is 1. The fraction of sp³-hybridized carbons (Fsp3) is 0.0952. The topological polar surface area (TPSA) is 9.23 Å². The van der Waals surface area contributed by atoms with E-state index in [1.54, 1.807) is 5.98 Å². The van der Waals surface area contributed by atoms with Crippen molar-refractivity contribution in [2.75, 3.05) is 6.61 Å². The van der Waals surface area contributed by atoms with Crippen molar-refractivity contribution >= 4 is 14.8 Å². The molecule has 0 heterocycles. The van der Waals surface area contributed by atoms with Crippen molar-refractivity contribution < 1.29 is 17.1 Å². The van der Waals surface area contributed by atoms with Crippen LogP contribution in [0, 0.1) is 0 Å². The molecule has 0 N–H and O–H groups in total. The second-order valence-electron chi connectivity index (χ2n) is 5.45. The number of benzene rings is 3. The van der Waals surface area contributed by atoms with E-state index in [9.17, 15) is 0 Å². The molecule has 0 bridgehead atoms. The minimum absolute atomic E-state index is 0. The molecule has 3 heteroatoms. The maximum absolute atomic E-state index is 5.80. The molecule has 122 valence electrons. The molecule has 3 aromatic carbocycles. The zero-order chi connectivity index (χ0) is 16.0. The molecule has 0 aliphatic rings. The van der Waals surface area contributed by atoms with Gasteiger partial charge in [-0.15, -0.1) is 0 Å². The van der Waals surface area contributed by atoms with Crippen LogP contribution in [0.4, 0.5) is 0 Å². The molecule has 1 unspecified atom stereocenters. The molecular weight excluding hydrogens is 335 g/mol. The summed E-state index contributed by atoms with van der Waals surface area (Å²) in [6.07, 6.45) is 0. The monoisotopic (exact) mass is 354 g/mol. The van der Waals surface area contributed by atoms with E-state index < -0.39 is 0 Å². The number of ether oxygens (including phenoxy) is 1. The second-order valence-corrected chi connectivity index (χ2v) is 5.72. The zero-order valence-corrected chi connectivity index (χ0v) is 15.2. The minimum Gasteiger partial charge on any atom is -1.00 e. The van der Waals surface area contributed by atoms with Gasteiger partial charge in [0.25, 0.3) is 0 Å². The lowest BCUT2D eigenvalue weighted by Crippen LogP contribution is -3.00. The van der Waals surface area contributed by atoms with Crippen molar-refractivity contribution in [2.45, 2.75) is 5.41 Å². The maximum atomic E-state index is 5.80. The summed E-state index contributed by atoms with van der Waals surface area (Å²) in [4.78, 5) is 0. The Morgan fingerprint density at radius 1 is 0.667 bits per heavy atom. The SMILES string of the molecule is [Cl-].[PH2+]=COCC(c1ccccc1)(c1ccccc1)c1ccccc1. The van der Waals surface area contributed by atoms with Gasteiger partial charge >= 0.3 is 0 Å². The van der Waals surface area contributed by atoms with Gasteiger partial charge in [-0.1, -0.05) is 91.0 Å². The summed E-state index contributed by atoms with van der Waals surface area (Å²) in [5.41, 5.74) is 3.34. The number of hydrogen-bond donors (Lipinski definition) is 0. The smallest absolute Gasteiger partial charge is 0.207 e. The molecule has 0 saturated carbocycles.